The summed E-state index contributed by atoms with van der Waals surface area (Å²) in [7, 11) is 4.90. The molecule has 1 aromatic heterocycles. The molecule has 1 aromatic carbocycles. The fourth-order valence-electron chi connectivity index (χ4n) is 3.09. The highest BCUT2D eigenvalue weighted by Crippen LogP contribution is 2.31. The Labute approximate surface area is 151 Å². The predicted molar refractivity (Wildman–Crippen MR) is 99.9 cm³/mol. The molecule has 0 aliphatic heterocycles. The fraction of sp³-hybridized carbons (Fsp3) is 0.368. The molecule has 132 valence electrons. The zero-order valence-electron chi connectivity index (χ0n) is 14.7. The number of benzene rings is 1. The van der Waals surface area contributed by atoms with E-state index in [1.54, 1.807) is 32.3 Å². The van der Waals surface area contributed by atoms with E-state index >= 15 is 0 Å². The Balaban J connectivity index is 1.85. The van der Waals surface area contributed by atoms with E-state index in [4.69, 9.17) is 4.74 Å². The Morgan fingerprint density at radius 3 is 2.68 bits per heavy atom. The Morgan fingerprint density at radius 2 is 1.96 bits per heavy atom. The van der Waals surface area contributed by atoms with Gasteiger partial charge in [0.15, 0.2) is 0 Å². The van der Waals surface area contributed by atoms with Crippen LogP contribution in [-0.4, -0.2) is 37.9 Å². The van der Waals surface area contributed by atoms with Gasteiger partial charge >= 0.3 is 0 Å². The van der Waals surface area contributed by atoms with Gasteiger partial charge in [-0.15, -0.1) is 11.3 Å². The van der Waals surface area contributed by atoms with Crippen LogP contribution in [0.25, 0.3) is 0 Å². The fourth-order valence-corrected chi connectivity index (χ4v) is 4.15. The van der Waals surface area contributed by atoms with Crippen LogP contribution in [0.1, 0.15) is 44.0 Å². The number of amides is 2. The van der Waals surface area contributed by atoms with Gasteiger partial charge in [0.2, 0.25) is 0 Å². The molecule has 5 nitrogen and oxygen atoms in total. The van der Waals surface area contributed by atoms with E-state index in [1.165, 1.54) is 40.9 Å². The van der Waals surface area contributed by atoms with Gasteiger partial charge in [0, 0.05) is 19.8 Å². The lowest BCUT2D eigenvalue weighted by Crippen LogP contribution is -2.22. The number of rotatable bonds is 4. The lowest BCUT2D eigenvalue weighted by atomic mass is 9.94. The molecule has 1 heterocycles. The number of carbonyl (C=O) groups is 2. The van der Waals surface area contributed by atoms with Crippen molar-refractivity contribution in [1.82, 2.24) is 4.90 Å². The molecule has 0 bridgehead atoms. The third kappa shape index (κ3) is 3.54. The summed E-state index contributed by atoms with van der Waals surface area (Å²) < 4.78 is 5.27. The lowest BCUT2D eigenvalue weighted by molar-refractivity contribution is 0.0824. The average Bonchev–Trinajstić information content (AvgIpc) is 3.05. The number of nitrogens with one attached hydrogen (secondary N) is 1. The normalized spacial score (nSPS) is 13.1. The van der Waals surface area contributed by atoms with Crippen LogP contribution in [0, 0.1) is 0 Å². The zero-order valence-corrected chi connectivity index (χ0v) is 15.5. The van der Waals surface area contributed by atoms with Crippen molar-refractivity contribution in [3.63, 3.8) is 0 Å². The van der Waals surface area contributed by atoms with E-state index in [2.05, 4.69) is 10.7 Å². The molecular weight excluding hydrogens is 336 g/mol. The highest BCUT2D eigenvalue weighted by Gasteiger charge is 2.21. The maximum Gasteiger partial charge on any atom is 0.266 e. The topological polar surface area (TPSA) is 58.6 Å². The van der Waals surface area contributed by atoms with Gasteiger partial charge in [-0.1, -0.05) is 0 Å². The first kappa shape index (κ1) is 17.5. The molecule has 1 aliphatic carbocycles. The zero-order chi connectivity index (χ0) is 18.0. The summed E-state index contributed by atoms with van der Waals surface area (Å²) in [5.74, 6) is 0.216. The molecule has 0 fully saturated rings. The Bertz CT molecular complexity index is 811. The van der Waals surface area contributed by atoms with Crippen LogP contribution in [0.2, 0.25) is 0 Å². The first-order valence-electron chi connectivity index (χ1n) is 8.31. The molecular formula is C19H22N2O3S. The van der Waals surface area contributed by atoms with Gasteiger partial charge in [0.25, 0.3) is 11.8 Å². The summed E-state index contributed by atoms with van der Waals surface area (Å²) in [6.07, 6.45) is 4.35. The minimum atomic E-state index is -0.165. The van der Waals surface area contributed by atoms with Gasteiger partial charge in [0.05, 0.1) is 17.6 Å². The predicted octanol–water partition coefficient (Wildman–Crippen LogP) is 3.59. The Kier molecular flexibility index (Phi) is 5.08. The van der Waals surface area contributed by atoms with Crippen molar-refractivity contribution in [2.45, 2.75) is 25.7 Å². The highest BCUT2D eigenvalue weighted by atomic mass is 32.1. The number of nitrogens with zero attached hydrogens (tertiary/aromatic N) is 1. The van der Waals surface area contributed by atoms with E-state index in [-0.39, 0.29) is 11.8 Å². The number of anilines is 1. The standard InChI is InChI=1S/C19H22N2O3S/c1-21(2)19(23)15-10-13(8-9-16(15)24-3)20-18(22)17-14-7-5-4-6-12(14)11-25-17/h8-11H,4-7H2,1-3H3,(H,20,22). The SMILES string of the molecule is COc1ccc(NC(=O)c2scc3c2CCCC3)cc1C(=O)N(C)C. The molecule has 3 rings (SSSR count). The minimum absolute atomic E-state index is 0.110. The molecule has 0 atom stereocenters. The van der Waals surface area contributed by atoms with E-state index in [1.807, 2.05) is 0 Å². The number of aryl methyl sites for hydroxylation is 1. The third-order valence-electron chi connectivity index (χ3n) is 4.40. The van der Waals surface area contributed by atoms with Gasteiger partial charge in [-0.25, -0.2) is 0 Å². The van der Waals surface area contributed by atoms with E-state index in [0.29, 0.717) is 17.0 Å². The number of fused-ring (bicyclic) bond motifs is 1. The van der Waals surface area contributed by atoms with Crippen LogP contribution in [0.3, 0.4) is 0 Å². The molecule has 25 heavy (non-hydrogen) atoms. The lowest BCUT2D eigenvalue weighted by Gasteiger charge is -2.15. The number of ether oxygens (including phenoxy) is 1. The van der Waals surface area contributed by atoms with Crippen molar-refractivity contribution < 1.29 is 14.3 Å². The highest BCUT2D eigenvalue weighted by molar-refractivity contribution is 7.12. The van der Waals surface area contributed by atoms with Crippen LogP contribution in [0.5, 0.6) is 5.75 Å². The van der Waals surface area contributed by atoms with Crippen LogP contribution >= 0.6 is 11.3 Å². The molecule has 0 saturated heterocycles. The molecule has 1 N–H and O–H groups in total. The summed E-state index contributed by atoms with van der Waals surface area (Å²) in [4.78, 5) is 27.3. The third-order valence-corrected chi connectivity index (χ3v) is 5.47. The van der Waals surface area contributed by atoms with Gasteiger partial charge in [0.1, 0.15) is 5.75 Å². The van der Waals surface area contributed by atoms with E-state index in [9.17, 15) is 9.59 Å². The number of methoxy groups -OCH3 is 1. The summed E-state index contributed by atoms with van der Waals surface area (Å²) in [5, 5.41) is 5.02. The number of hydrogen-bond donors (Lipinski definition) is 1. The number of thiophene rings is 1. The van der Waals surface area contributed by atoms with Crippen molar-refractivity contribution >= 4 is 28.8 Å². The van der Waals surface area contributed by atoms with Crippen LogP contribution in [0.15, 0.2) is 23.6 Å². The van der Waals surface area contributed by atoms with Crippen molar-refractivity contribution in [1.29, 1.82) is 0 Å². The number of hydrogen-bond acceptors (Lipinski definition) is 4. The maximum atomic E-state index is 12.7. The first-order valence-corrected chi connectivity index (χ1v) is 9.19. The van der Waals surface area contributed by atoms with Crippen molar-refractivity contribution in [2.24, 2.45) is 0 Å². The second-order valence-corrected chi connectivity index (χ2v) is 7.22. The Hall–Kier alpha value is -2.34. The molecule has 0 spiro atoms. The van der Waals surface area contributed by atoms with Gasteiger partial charge < -0.3 is 15.0 Å². The largest absolute Gasteiger partial charge is 0.496 e. The smallest absolute Gasteiger partial charge is 0.266 e. The van der Waals surface area contributed by atoms with Crippen LogP contribution in [-0.2, 0) is 12.8 Å². The monoisotopic (exact) mass is 358 g/mol. The van der Waals surface area contributed by atoms with Crippen molar-refractivity contribution in [2.75, 3.05) is 26.5 Å². The van der Waals surface area contributed by atoms with Gasteiger partial charge in [-0.2, -0.15) is 0 Å². The van der Waals surface area contributed by atoms with Gasteiger partial charge in [-0.3, -0.25) is 9.59 Å². The number of carbonyl (C=O) groups excluding carboxylic acids is 2. The minimum Gasteiger partial charge on any atom is -0.496 e. The average molecular weight is 358 g/mol. The first-order chi connectivity index (χ1) is 12.0. The maximum absolute atomic E-state index is 12.7. The summed E-state index contributed by atoms with van der Waals surface area (Å²) in [5.41, 5.74) is 3.51. The van der Waals surface area contributed by atoms with Gasteiger partial charge in [-0.05, 0) is 60.4 Å². The summed E-state index contributed by atoms with van der Waals surface area (Å²) in [6.45, 7) is 0. The molecule has 0 radical (unpaired) electrons. The van der Waals surface area contributed by atoms with E-state index in [0.717, 1.165) is 24.1 Å². The second-order valence-electron chi connectivity index (χ2n) is 6.34. The van der Waals surface area contributed by atoms with Crippen LogP contribution in [0.4, 0.5) is 5.69 Å². The molecule has 1 aliphatic rings. The summed E-state index contributed by atoms with van der Waals surface area (Å²) >= 11 is 1.50. The van der Waals surface area contributed by atoms with Crippen molar-refractivity contribution in [3.8, 4) is 5.75 Å². The Morgan fingerprint density at radius 1 is 1.20 bits per heavy atom. The second kappa shape index (κ2) is 7.27. The molecule has 2 amide bonds. The quantitative estimate of drug-likeness (QED) is 0.909. The molecule has 2 aromatic rings. The summed E-state index contributed by atoms with van der Waals surface area (Å²) in [6, 6.07) is 5.12. The van der Waals surface area contributed by atoms with Crippen LogP contribution < -0.4 is 10.1 Å². The molecule has 6 heteroatoms. The molecule has 0 saturated carbocycles. The van der Waals surface area contributed by atoms with E-state index < -0.39 is 0 Å². The van der Waals surface area contributed by atoms with Crippen molar-refractivity contribution in [3.05, 3.63) is 45.1 Å². The molecule has 0 unspecified atom stereocenters.